The van der Waals surface area contributed by atoms with E-state index in [1.807, 2.05) is 24.0 Å². The summed E-state index contributed by atoms with van der Waals surface area (Å²) in [6.45, 7) is 7.24. The van der Waals surface area contributed by atoms with Gasteiger partial charge in [0, 0.05) is 31.9 Å². The monoisotopic (exact) mass is 437 g/mol. The van der Waals surface area contributed by atoms with E-state index >= 15 is 0 Å². The molecular formula is C23H27N5O2S. The molecule has 7 nitrogen and oxygen atoms in total. The highest BCUT2D eigenvalue weighted by Crippen LogP contribution is 2.26. The van der Waals surface area contributed by atoms with Crippen molar-refractivity contribution in [1.82, 2.24) is 9.97 Å². The zero-order chi connectivity index (χ0) is 22.0. The number of aryl methyl sites for hydroxylation is 2. The maximum atomic E-state index is 13.0. The van der Waals surface area contributed by atoms with Crippen molar-refractivity contribution < 1.29 is 8.42 Å². The van der Waals surface area contributed by atoms with Crippen LogP contribution in [0.2, 0.25) is 0 Å². The Morgan fingerprint density at radius 3 is 2.29 bits per heavy atom. The van der Waals surface area contributed by atoms with Crippen molar-refractivity contribution in [3.63, 3.8) is 0 Å². The number of nitrogens with zero attached hydrogens (tertiary/aromatic N) is 4. The molecule has 1 fully saturated rings. The van der Waals surface area contributed by atoms with Crippen molar-refractivity contribution >= 4 is 27.3 Å². The highest BCUT2D eigenvalue weighted by Gasteiger charge is 2.25. The Morgan fingerprint density at radius 1 is 1.00 bits per heavy atom. The lowest BCUT2D eigenvalue weighted by atomic mass is 10.2. The molecule has 8 heteroatoms. The largest absolute Gasteiger partial charge is 0.382 e. The molecule has 2 heterocycles. The van der Waals surface area contributed by atoms with Crippen LogP contribution >= 0.6 is 0 Å². The van der Waals surface area contributed by atoms with Crippen molar-refractivity contribution in [2.45, 2.75) is 30.1 Å². The summed E-state index contributed by atoms with van der Waals surface area (Å²) in [5, 5.41) is 0. The second-order valence-electron chi connectivity index (χ2n) is 7.73. The molecule has 3 aromatic rings. The van der Waals surface area contributed by atoms with Crippen molar-refractivity contribution in [3.05, 3.63) is 65.9 Å². The van der Waals surface area contributed by atoms with E-state index in [-0.39, 0.29) is 15.6 Å². The lowest BCUT2D eigenvalue weighted by Gasteiger charge is -2.36. The Labute approximate surface area is 183 Å². The van der Waals surface area contributed by atoms with Crippen molar-refractivity contribution in [2.75, 3.05) is 41.7 Å². The average Bonchev–Trinajstić information content (AvgIpc) is 2.79. The van der Waals surface area contributed by atoms with Crippen LogP contribution < -0.4 is 15.5 Å². The lowest BCUT2D eigenvalue weighted by molar-refractivity contribution is 0.595. The van der Waals surface area contributed by atoms with E-state index in [4.69, 9.17) is 5.73 Å². The van der Waals surface area contributed by atoms with Gasteiger partial charge in [-0.15, -0.1) is 0 Å². The predicted octanol–water partition coefficient (Wildman–Crippen LogP) is 3.09. The molecular weight excluding hydrogens is 410 g/mol. The van der Waals surface area contributed by atoms with E-state index in [2.05, 4.69) is 46.1 Å². The van der Waals surface area contributed by atoms with Crippen LogP contribution in [0.1, 0.15) is 18.1 Å². The number of hydrogen-bond acceptors (Lipinski definition) is 7. The number of hydrogen-bond donors (Lipinski definition) is 1. The topological polar surface area (TPSA) is 92.4 Å². The molecule has 0 saturated carbocycles. The number of piperazine rings is 1. The van der Waals surface area contributed by atoms with E-state index < -0.39 is 9.84 Å². The van der Waals surface area contributed by atoms with Crippen LogP contribution in [-0.4, -0.2) is 44.6 Å². The summed E-state index contributed by atoms with van der Waals surface area (Å²) in [7, 11) is -3.77. The number of benzene rings is 2. The van der Waals surface area contributed by atoms with E-state index in [9.17, 15) is 8.42 Å². The SMILES string of the molecule is CCc1ccc(S(=O)(=O)c2cnc(N3CCN(c4cccc(C)c4)CC3)nc2N)cc1. The molecule has 4 rings (SSSR count). The molecule has 2 aromatic carbocycles. The van der Waals surface area contributed by atoms with Gasteiger partial charge in [-0.3, -0.25) is 0 Å². The van der Waals surface area contributed by atoms with Gasteiger partial charge in [0.25, 0.3) is 0 Å². The lowest BCUT2D eigenvalue weighted by Crippen LogP contribution is -2.47. The fraction of sp³-hybridized carbons (Fsp3) is 0.304. The average molecular weight is 438 g/mol. The second kappa shape index (κ2) is 8.55. The molecule has 2 N–H and O–H groups in total. The number of anilines is 3. The minimum atomic E-state index is -3.77. The molecule has 1 aromatic heterocycles. The van der Waals surface area contributed by atoms with E-state index in [0.717, 1.165) is 38.2 Å². The van der Waals surface area contributed by atoms with Crippen molar-refractivity contribution in [1.29, 1.82) is 0 Å². The van der Waals surface area contributed by atoms with Gasteiger partial charge in [0.05, 0.1) is 11.1 Å². The van der Waals surface area contributed by atoms with Gasteiger partial charge < -0.3 is 15.5 Å². The summed E-state index contributed by atoms with van der Waals surface area (Å²) in [4.78, 5) is 13.2. The highest BCUT2D eigenvalue weighted by atomic mass is 32.2. The normalized spacial score (nSPS) is 14.6. The summed E-state index contributed by atoms with van der Waals surface area (Å²) in [6.07, 6.45) is 2.17. The van der Waals surface area contributed by atoms with Crippen LogP contribution in [-0.2, 0) is 16.3 Å². The fourth-order valence-electron chi connectivity index (χ4n) is 3.75. The summed E-state index contributed by atoms with van der Waals surface area (Å²) in [5.41, 5.74) is 9.59. The van der Waals surface area contributed by atoms with Gasteiger partial charge in [0.2, 0.25) is 15.8 Å². The van der Waals surface area contributed by atoms with Crippen LogP contribution in [0, 0.1) is 6.92 Å². The van der Waals surface area contributed by atoms with Gasteiger partial charge in [0.1, 0.15) is 10.7 Å². The molecule has 0 unspecified atom stereocenters. The maximum absolute atomic E-state index is 13.0. The zero-order valence-corrected chi connectivity index (χ0v) is 18.6. The van der Waals surface area contributed by atoms with E-state index in [0.29, 0.717) is 5.95 Å². The summed E-state index contributed by atoms with van der Waals surface area (Å²) < 4.78 is 26.0. The van der Waals surface area contributed by atoms with Gasteiger partial charge in [-0.1, -0.05) is 31.2 Å². The van der Waals surface area contributed by atoms with Gasteiger partial charge in [-0.25, -0.2) is 13.4 Å². The van der Waals surface area contributed by atoms with Gasteiger partial charge in [-0.2, -0.15) is 4.98 Å². The second-order valence-corrected chi connectivity index (χ2v) is 9.65. The minimum absolute atomic E-state index is 0.0225. The molecule has 31 heavy (non-hydrogen) atoms. The highest BCUT2D eigenvalue weighted by molar-refractivity contribution is 7.91. The Bertz CT molecular complexity index is 1170. The molecule has 1 aliphatic rings. The van der Waals surface area contributed by atoms with Gasteiger partial charge >= 0.3 is 0 Å². The first-order chi connectivity index (χ1) is 14.9. The molecule has 0 aliphatic carbocycles. The van der Waals surface area contributed by atoms with E-state index in [1.165, 1.54) is 17.4 Å². The molecule has 1 saturated heterocycles. The van der Waals surface area contributed by atoms with Crippen LogP contribution in [0.5, 0.6) is 0 Å². The first-order valence-corrected chi connectivity index (χ1v) is 11.9. The molecule has 0 bridgehead atoms. The number of rotatable bonds is 5. The third-order valence-electron chi connectivity index (χ3n) is 5.63. The fourth-order valence-corrected chi connectivity index (χ4v) is 5.01. The minimum Gasteiger partial charge on any atom is -0.382 e. The first kappa shape index (κ1) is 21.1. The van der Waals surface area contributed by atoms with Crippen LogP contribution in [0.4, 0.5) is 17.5 Å². The smallest absolute Gasteiger partial charge is 0.227 e. The van der Waals surface area contributed by atoms with Crippen LogP contribution in [0.25, 0.3) is 0 Å². The zero-order valence-electron chi connectivity index (χ0n) is 17.8. The van der Waals surface area contributed by atoms with Gasteiger partial charge in [-0.05, 0) is 48.7 Å². The standard InChI is InChI=1S/C23H27N5O2S/c1-3-18-7-9-20(10-8-18)31(29,30)21-16-25-23(26-22(21)24)28-13-11-27(12-14-28)19-6-4-5-17(2)15-19/h4-10,15-16H,3,11-14H2,1-2H3,(H2,24,25,26). The molecule has 0 radical (unpaired) electrons. The molecule has 1 aliphatic heterocycles. The number of nitrogens with two attached hydrogens (primary N) is 1. The van der Waals surface area contributed by atoms with E-state index in [1.54, 1.807) is 12.1 Å². The molecule has 0 spiro atoms. The Kier molecular flexibility index (Phi) is 5.82. The number of aromatic nitrogens is 2. The number of nitrogen functional groups attached to an aromatic ring is 1. The quantitative estimate of drug-likeness (QED) is 0.656. The summed E-state index contributed by atoms with van der Waals surface area (Å²) >= 11 is 0. The Morgan fingerprint density at radius 2 is 1.68 bits per heavy atom. The van der Waals surface area contributed by atoms with Crippen molar-refractivity contribution in [2.24, 2.45) is 0 Å². The Hall–Kier alpha value is -3.13. The van der Waals surface area contributed by atoms with Crippen LogP contribution in [0.3, 0.4) is 0 Å². The Balaban J connectivity index is 1.50. The molecule has 162 valence electrons. The molecule has 0 amide bonds. The van der Waals surface area contributed by atoms with Gasteiger partial charge in [0.15, 0.2) is 0 Å². The van der Waals surface area contributed by atoms with Crippen LogP contribution in [0.15, 0.2) is 64.5 Å². The van der Waals surface area contributed by atoms with Crippen molar-refractivity contribution in [3.8, 4) is 0 Å². The third kappa shape index (κ3) is 4.34. The molecule has 0 atom stereocenters. The summed E-state index contributed by atoms with van der Waals surface area (Å²) in [5.74, 6) is 0.437. The number of sulfone groups is 1. The third-order valence-corrected chi connectivity index (χ3v) is 7.42. The first-order valence-electron chi connectivity index (χ1n) is 10.4. The maximum Gasteiger partial charge on any atom is 0.227 e. The predicted molar refractivity (Wildman–Crippen MR) is 123 cm³/mol. The summed E-state index contributed by atoms with van der Waals surface area (Å²) in [6, 6.07) is 15.3.